The lowest BCUT2D eigenvalue weighted by Gasteiger charge is -2.23. The zero-order valence-electron chi connectivity index (χ0n) is 9.31. The second-order valence-corrected chi connectivity index (χ2v) is 4.15. The fourth-order valence-electron chi connectivity index (χ4n) is 2.30. The van der Waals surface area contributed by atoms with Gasteiger partial charge in [0.25, 0.3) is 0 Å². The second kappa shape index (κ2) is 4.21. The van der Waals surface area contributed by atoms with Gasteiger partial charge in [0.1, 0.15) is 5.75 Å². The summed E-state index contributed by atoms with van der Waals surface area (Å²) in [6.45, 7) is 1.07. The van der Waals surface area contributed by atoms with Crippen molar-refractivity contribution in [2.24, 2.45) is 5.73 Å². The van der Waals surface area contributed by atoms with E-state index in [0.29, 0.717) is 6.04 Å². The summed E-state index contributed by atoms with van der Waals surface area (Å²) in [4.78, 5) is 2.31. The van der Waals surface area contributed by atoms with E-state index in [4.69, 9.17) is 10.5 Å². The molecule has 0 spiro atoms. The molecule has 0 bridgehead atoms. The molecule has 1 heterocycles. The average Bonchev–Trinajstić information content (AvgIpc) is 2.59. The first-order chi connectivity index (χ1) is 7.22. The number of hydrogen-bond donors (Lipinski definition) is 1. The van der Waals surface area contributed by atoms with E-state index in [9.17, 15) is 0 Å². The van der Waals surface area contributed by atoms with Gasteiger partial charge in [0, 0.05) is 18.6 Å². The predicted molar refractivity (Wildman–Crippen MR) is 61.0 cm³/mol. The molecule has 1 aromatic rings. The molecule has 2 rings (SSSR count). The molecule has 2 atom stereocenters. The Balaban J connectivity index is 2.27. The van der Waals surface area contributed by atoms with Gasteiger partial charge >= 0.3 is 0 Å². The van der Waals surface area contributed by atoms with E-state index in [1.165, 1.54) is 5.56 Å². The Labute approximate surface area is 90.8 Å². The van der Waals surface area contributed by atoms with Gasteiger partial charge in [0.05, 0.1) is 7.11 Å². The first kappa shape index (κ1) is 10.5. The highest BCUT2D eigenvalue weighted by molar-refractivity contribution is 5.31. The normalized spacial score (nSPS) is 26.9. The number of likely N-dealkylation sites (N-methyl/N-ethyl adjacent to an activating group) is 1. The molecule has 0 radical (unpaired) electrons. The molecule has 0 aromatic heterocycles. The molecule has 82 valence electrons. The first-order valence-electron chi connectivity index (χ1n) is 5.32. The van der Waals surface area contributed by atoms with E-state index >= 15 is 0 Å². The Morgan fingerprint density at radius 1 is 1.47 bits per heavy atom. The maximum Gasteiger partial charge on any atom is 0.119 e. The second-order valence-electron chi connectivity index (χ2n) is 4.15. The van der Waals surface area contributed by atoms with Crippen molar-refractivity contribution >= 4 is 0 Å². The molecule has 3 heteroatoms. The highest BCUT2D eigenvalue weighted by Crippen LogP contribution is 2.31. The third kappa shape index (κ3) is 1.98. The maximum absolute atomic E-state index is 6.11. The van der Waals surface area contributed by atoms with Crippen LogP contribution in [0.4, 0.5) is 0 Å². The molecule has 1 aliphatic heterocycles. The van der Waals surface area contributed by atoms with Crippen molar-refractivity contribution in [2.45, 2.75) is 18.5 Å². The lowest BCUT2D eigenvalue weighted by atomic mass is 10.0. The highest BCUT2D eigenvalue weighted by Gasteiger charge is 2.30. The van der Waals surface area contributed by atoms with Gasteiger partial charge < -0.3 is 10.5 Å². The highest BCUT2D eigenvalue weighted by atomic mass is 16.5. The predicted octanol–water partition coefficient (Wildman–Crippen LogP) is 1.40. The molecular weight excluding hydrogens is 188 g/mol. The Morgan fingerprint density at radius 3 is 2.87 bits per heavy atom. The summed E-state index contributed by atoms with van der Waals surface area (Å²) in [6.07, 6.45) is 1.07. The molecular formula is C12H18N2O. The number of methoxy groups -OCH3 is 1. The van der Waals surface area contributed by atoms with Crippen LogP contribution in [0.1, 0.15) is 18.0 Å². The summed E-state index contributed by atoms with van der Waals surface area (Å²) in [5.74, 6) is 0.903. The molecule has 1 saturated heterocycles. The van der Waals surface area contributed by atoms with Gasteiger partial charge in [-0.05, 0) is 31.2 Å². The summed E-state index contributed by atoms with van der Waals surface area (Å²) < 4.78 is 5.23. The lowest BCUT2D eigenvalue weighted by molar-refractivity contribution is 0.303. The van der Waals surface area contributed by atoms with E-state index in [-0.39, 0.29) is 6.04 Å². The van der Waals surface area contributed by atoms with Crippen LogP contribution in [0.2, 0.25) is 0 Å². The van der Waals surface area contributed by atoms with Crippen LogP contribution in [0.3, 0.4) is 0 Å². The number of rotatable bonds is 2. The minimum absolute atomic E-state index is 0.238. The zero-order chi connectivity index (χ0) is 10.8. The van der Waals surface area contributed by atoms with Crippen molar-refractivity contribution in [1.29, 1.82) is 0 Å². The van der Waals surface area contributed by atoms with Crippen molar-refractivity contribution < 1.29 is 4.74 Å². The Morgan fingerprint density at radius 2 is 2.27 bits per heavy atom. The maximum atomic E-state index is 6.11. The molecule has 0 amide bonds. The Bertz CT molecular complexity index is 330. The molecule has 1 aromatic carbocycles. The molecule has 0 aliphatic carbocycles. The van der Waals surface area contributed by atoms with Crippen LogP contribution in [0.15, 0.2) is 24.3 Å². The topological polar surface area (TPSA) is 38.5 Å². The van der Waals surface area contributed by atoms with E-state index in [1.54, 1.807) is 7.11 Å². The molecule has 3 nitrogen and oxygen atoms in total. The van der Waals surface area contributed by atoms with Crippen molar-refractivity contribution in [3.05, 3.63) is 29.8 Å². The van der Waals surface area contributed by atoms with Crippen molar-refractivity contribution in [2.75, 3.05) is 20.7 Å². The smallest absolute Gasteiger partial charge is 0.119 e. The van der Waals surface area contributed by atoms with E-state index in [0.717, 1.165) is 18.7 Å². The summed E-state index contributed by atoms with van der Waals surface area (Å²) in [5.41, 5.74) is 7.36. The number of benzene rings is 1. The minimum atomic E-state index is 0.238. The van der Waals surface area contributed by atoms with Gasteiger partial charge in [-0.25, -0.2) is 0 Å². The van der Waals surface area contributed by atoms with Gasteiger partial charge in [0.2, 0.25) is 0 Å². The van der Waals surface area contributed by atoms with Crippen LogP contribution in [0.5, 0.6) is 5.75 Å². The SMILES string of the molecule is COc1cccc(C2C(N)CCN2C)c1. The molecule has 2 N–H and O–H groups in total. The molecule has 1 aliphatic rings. The molecule has 2 unspecified atom stereocenters. The molecule has 15 heavy (non-hydrogen) atoms. The number of hydrogen-bond acceptors (Lipinski definition) is 3. The van der Waals surface area contributed by atoms with Crippen LogP contribution in [-0.2, 0) is 0 Å². The van der Waals surface area contributed by atoms with Crippen LogP contribution in [0.25, 0.3) is 0 Å². The summed E-state index contributed by atoms with van der Waals surface area (Å²) >= 11 is 0. The van der Waals surface area contributed by atoms with Gasteiger partial charge in [0.15, 0.2) is 0 Å². The fourth-order valence-corrected chi connectivity index (χ4v) is 2.30. The molecule has 1 fully saturated rings. The van der Waals surface area contributed by atoms with E-state index in [1.807, 2.05) is 12.1 Å². The quantitative estimate of drug-likeness (QED) is 0.795. The van der Waals surface area contributed by atoms with Gasteiger partial charge in [-0.1, -0.05) is 12.1 Å². The van der Waals surface area contributed by atoms with Crippen LogP contribution in [-0.4, -0.2) is 31.6 Å². The number of likely N-dealkylation sites (tertiary alicyclic amines) is 1. The third-order valence-electron chi connectivity index (χ3n) is 3.13. The van der Waals surface area contributed by atoms with Gasteiger partial charge in [-0.3, -0.25) is 4.90 Å². The van der Waals surface area contributed by atoms with Crippen LogP contribution in [0, 0.1) is 0 Å². The van der Waals surface area contributed by atoms with Crippen molar-refractivity contribution in [3.8, 4) is 5.75 Å². The van der Waals surface area contributed by atoms with Crippen LogP contribution < -0.4 is 10.5 Å². The van der Waals surface area contributed by atoms with Gasteiger partial charge in [-0.2, -0.15) is 0 Å². The summed E-state index contributed by atoms with van der Waals surface area (Å²) in [6, 6.07) is 8.75. The van der Waals surface area contributed by atoms with Crippen molar-refractivity contribution in [3.63, 3.8) is 0 Å². The first-order valence-corrected chi connectivity index (χ1v) is 5.32. The largest absolute Gasteiger partial charge is 0.497 e. The number of ether oxygens (including phenoxy) is 1. The van der Waals surface area contributed by atoms with Gasteiger partial charge in [-0.15, -0.1) is 0 Å². The summed E-state index contributed by atoms with van der Waals surface area (Å²) in [5, 5.41) is 0. The molecule has 0 saturated carbocycles. The Kier molecular flexibility index (Phi) is 2.93. The summed E-state index contributed by atoms with van der Waals surface area (Å²) in [7, 11) is 3.81. The lowest BCUT2D eigenvalue weighted by Crippen LogP contribution is -2.29. The van der Waals surface area contributed by atoms with E-state index < -0.39 is 0 Å². The van der Waals surface area contributed by atoms with Crippen LogP contribution >= 0.6 is 0 Å². The average molecular weight is 206 g/mol. The third-order valence-corrected chi connectivity index (χ3v) is 3.13. The monoisotopic (exact) mass is 206 g/mol. The zero-order valence-corrected chi connectivity index (χ0v) is 9.31. The number of nitrogens with zero attached hydrogens (tertiary/aromatic N) is 1. The fraction of sp³-hybridized carbons (Fsp3) is 0.500. The van der Waals surface area contributed by atoms with E-state index in [2.05, 4.69) is 24.1 Å². The minimum Gasteiger partial charge on any atom is -0.497 e. The Hall–Kier alpha value is -1.06. The standard InChI is InChI=1S/C12H18N2O/c1-14-7-6-11(13)12(14)9-4-3-5-10(8-9)15-2/h3-5,8,11-12H,6-7,13H2,1-2H3. The van der Waals surface area contributed by atoms with Crippen molar-refractivity contribution in [1.82, 2.24) is 4.90 Å². The number of nitrogens with two attached hydrogens (primary N) is 1.